The Morgan fingerprint density at radius 1 is 1.31 bits per heavy atom. The molecule has 16 heavy (non-hydrogen) atoms. The third kappa shape index (κ3) is 5.47. The zero-order valence-electron chi connectivity index (χ0n) is 10.6. The molecule has 1 amide bonds. The standard InChI is InChI=1S/C12H25N3O/c1-3-13-8-7-12(16)14-9-10-15(4-2)11-5-6-11/h11,13H,3-10H2,1-2H3,(H,14,16). The summed E-state index contributed by atoms with van der Waals surface area (Å²) in [7, 11) is 0. The van der Waals surface area contributed by atoms with Crippen LogP contribution in [0.25, 0.3) is 0 Å². The summed E-state index contributed by atoms with van der Waals surface area (Å²) >= 11 is 0. The first-order chi connectivity index (χ1) is 7.77. The van der Waals surface area contributed by atoms with Gasteiger partial charge in [0.1, 0.15) is 0 Å². The van der Waals surface area contributed by atoms with Crippen molar-refractivity contribution in [2.75, 3.05) is 32.7 Å². The molecule has 4 nitrogen and oxygen atoms in total. The van der Waals surface area contributed by atoms with Gasteiger partial charge in [0.25, 0.3) is 0 Å². The van der Waals surface area contributed by atoms with Gasteiger partial charge in [0.2, 0.25) is 5.91 Å². The van der Waals surface area contributed by atoms with E-state index in [-0.39, 0.29) is 5.91 Å². The molecule has 0 atom stereocenters. The number of hydrogen-bond acceptors (Lipinski definition) is 3. The molecule has 0 unspecified atom stereocenters. The van der Waals surface area contributed by atoms with E-state index >= 15 is 0 Å². The summed E-state index contributed by atoms with van der Waals surface area (Å²) in [5, 5.41) is 6.11. The van der Waals surface area contributed by atoms with Crippen molar-refractivity contribution < 1.29 is 4.79 Å². The maximum atomic E-state index is 11.4. The van der Waals surface area contributed by atoms with Crippen LogP contribution in [0.4, 0.5) is 0 Å². The monoisotopic (exact) mass is 227 g/mol. The Kier molecular flexibility index (Phi) is 6.42. The molecule has 0 radical (unpaired) electrons. The predicted molar refractivity (Wildman–Crippen MR) is 66.4 cm³/mol. The van der Waals surface area contributed by atoms with Gasteiger partial charge in [0.15, 0.2) is 0 Å². The summed E-state index contributed by atoms with van der Waals surface area (Å²) in [5.41, 5.74) is 0. The van der Waals surface area contributed by atoms with Crippen LogP contribution < -0.4 is 10.6 Å². The number of rotatable bonds is 9. The molecule has 0 aromatic heterocycles. The number of carbonyl (C=O) groups excluding carboxylic acids is 1. The zero-order valence-corrected chi connectivity index (χ0v) is 10.6. The Morgan fingerprint density at radius 3 is 2.62 bits per heavy atom. The molecule has 1 aliphatic rings. The molecule has 2 N–H and O–H groups in total. The number of hydrogen-bond donors (Lipinski definition) is 2. The second-order valence-corrected chi connectivity index (χ2v) is 4.31. The van der Waals surface area contributed by atoms with Crippen LogP contribution in [-0.4, -0.2) is 49.6 Å². The fourth-order valence-electron chi connectivity index (χ4n) is 1.84. The molecule has 4 heteroatoms. The van der Waals surface area contributed by atoms with Crippen molar-refractivity contribution in [1.82, 2.24) is 15.5 Å². The van der Waals surface area contributed by atoms with Crippen molar-refractivity contribution in [3.05, 3.63) is 0 Å². The summed E-state index contributed by atoms with van der Waals surface area (Å²) in [5.74, 6) is 0.160. The van der Waals surface area contributed by atoms with Crippen molar-refractivity contribution in [3.8, 4) is 0 Å². The second-order valence-electron chi connectivity index (χ2n) is 4.31. The molecule has 94 valence electrons. The quantitative estimate of drug-likeness (QED) is 0.567. The summed E-state index contributed by atoms with van der Waals surface area (Å²) in [6, 6.07) is 0.795. The van der Waals surface area contributed by atoms with Gasteiger partial charge in [-0.2, -0.15) is 0 Å². The van der Waals surface area contributed by atoms with Crippen LogP contribution >= 0.6 is 0 Å². The van der Waals surface area contributed by atoms with E-state index in [2.05, 4.69) is 22.5 Å². The summed E-state index contributed by atoms with van der Waals surface area (Å²) in [6.45, 7) is 8.82. The Bertz CT molecular complexity index is 204. The summed E-state index contributed by atoms with van der Waals surface area (Å²) < 4.78 is 0. The van der Waals surface area contributed by atoms with E-state index in [4.69, 9.17) is 0 Å². The Labute approximate surface area is 98.8 Å². The van der Waals surface area contributed by atoms with Crippen LogP contribution in [0.1, 0.15) is 33.1 Å². The van der Waals surface area contributed by atoms with Crippen LogP contribution in [-0.2, 0) is 4.79 Å². The summed E-state index contributed by atoms with van der Waals surface area (Å²) in [4.78, 5) is 13.9. The molecule has 0 saturated heterocycles. The van der Waals surface area contributed by atoms with E-state index < -0.39 is 0 Å². The lowest BCUT2D eigenvalue weighted by atomic mass is 10.4. The van der Waals surface area contributed by atoms with Crippen LogP contribution in [0.15, 0.2) is 0 Å². The van der Waals surface area contributed by atoms with E-state index in [1.54, 1.807) is 0 Å². The Morgan fingerprint density at radius 2 is 2.06 bits per heavy atom. The van der Waals surface area contributed by atoms with Crippen LogP contribution in [0.3, 0.4) is 0 Å². The van der Waals surface area contributed by atoms with Crippen molar-refractivity contribution >= 4 is 5.91 Å². The van der Waals surface area contributed by atoms with Gasteiger partial charge in [-0.1, -0.05) is 13.8 Å². The highest BCUT2D eigenvalue weighted by molar-refractivity contribution is 5.76. The maximum absolute atomic E-state index is 11.4. The van der Waals surface area contributed by atoms with Gasteiger partial charge in [0, 0.05) is 32.1 Å². The highest BCUT2D eigenvalue weighted by atomic mass is 16.1. The van der Waals surface area contributed by atoms with Crippen LogP contribution in [0, 0.1) is 0 Å². The SMILES string of the molecule is CCNCCC(=O)NCCN(CC)C1CC1. The molecule has 0 spiro atoms. The Balaban J connectivity index is 1.98. The molecule has 1 rings (SSSR count). The lowest BCUT2D eigenvalue weighted by molar-refractivity contribution is -0.121. The van der Waals surface area contributed by atoms with Crippen molar-refractivity contribution in [2.24, 2.45) is 0 Å². The minimum absolute atomic E-state index is 0.160. The minimum atomic E-state index is 0.160. The molecular formula is C12H25N3O. The average Bonchev–Trinajstić information content (AvgIpc) is 3.09. The van der Waals surface area contributed by atoms with Gasteiger partial charge < -0.3 is 10.6 Å². The van der Waals surface area contributed by atoms with E-state index in [0.717, 1.165) is 38.8 Å². The van der Waals surface area contributed by atoms with Gasteiger partial charge in [-0.15, -0.1) is 0 Å². The normalized spacial score (nSPS) is 15.4. The lowest BCUT2D eigenvalue weighted by Gasteiger charge is -2.19. The minimum Gasteiger partial charge on any atom is -0.355 e. The highest BCUT2D eigenvalue weighted by Gasteiger charge is 2.27. The van der Waals surface area contributed by atoms with Crippen molar-refractivity contribution in [3.63, 3.8) is 0 Å². The number of nitrogens with zero attached hydrogens (tertiary/aromatic N) is 1. The molecule has 0 bridgehead atoms. The number of likely N-dealkylation sites (N-methyl/N-ethyl adjacent to an activating group) is 1. The average molecular weight is 227 g/mol. The topological polar surface area (TPSA) is 44.4 Å². The van der Waals surface area contributed by atoms with E-state index in [1.807, 2.05) is 6.92 Å². The number of amides is 1. The van der Waals surface area contributed by atoms with E-state index in [0.29, 0.717) is 6.42 Å². The van der Waals surface area contributed by atoms with Gasteiger partial charge in [-0.25, -0.2) is 0 Å². The van der Waals surface area contributed by atoms with Gasteiger partial charge >= 0.3 is 0 Å². The molecular weight excluding hydrogens is 202 g/mol. The zero-order chi connectivity index (χ0) is 11.8. The number of carbonyl (C=O) groups is 1. The van der Waals surface area contributed by atoms with Gasteiger partial charge in [-0.3, -0.25) is 9.69 Å². The molecule has 0 aromatic rings. The lowest BCUT2D eigenvalue weighted by Crippen LogP contribution is -2.36. The maximum Gasteiger partial charge on any atom is 0.221 e. The second kappa shape index (κ2) is 7.63. The van der Waals surface area contributed by atoms with Crippen LogP contribution in [0.2, 0.25) is 0 Å². The first kappa shape index (κ1) is 13.5. The van der Waals surface area contributed by atoms with Crippen molar-refractivity contribution in [2.45, 2.75) is 39.2 Å². The fraction of sp³-hybridized carbons (Fsp3) is 0.917. The smallest absolute Gasteiger partial charge is 0.221 e. The Hall–Kier alpha value is -0.610. The molecule has 1 saturated carbocycles. The molecule has 1 fully saturated rings. The van der Waals surface area contributed by atoms with E-state index in [9.17, 15) is 4.79 Å². The van der Waals surface area contributed by atoms with Gasteiger partial charge in [0.05, 0.1) is 0 Å². The predicted octanol–water partition coefficient (Wildman–Crippen LogP) is 0.587. The largest absolute Gasteiger partial charge is 0.355 e. The third-order valence-electron chi connectivity index (χ3n) is 2.97. The van der Waals surface area contributed by atoms with Crippen molar-refractivity contribution in [1.29, 1.82) is 0 Å². The third-order valence-corrected chi connectivity index (χ3v) is 2.97. The molecule has 0 heterocycles. The molecule has 0 aliphatic heterocycles. The highest BCUT2D eigenvalue weighted by Crippen LogP contribution is 2.25. The molecule has 1 aliphatic carbocycles. The number of nitrogens with one attached hydrogen (secondary N) is 2. The summed E-state index contributed by atoms with van der Waals surface area (Å²) in [6.07, 6.45) is 3.26. The van der Waals surface area contributed by atoms with Crippen LogP contribution in [0.5, 0.6) is 0 Å². The fourth-order valence-corrected chi connectivity index (χ4v) is 1.84. The molecule has 0 aromatic carbocycles. The first-order valence-electron chi connectivity index (χ1n) is 6.49. The van der Waals surface area contributed by atoms with E-state index in [1.165, 1.54) is 12.8 Å². The first-order valence-corrected chi connectivity index (χ1v) is 6.49. The van der Waals surface area contributed by atoms with Gasteiger partial charge in [-0.05, 0) is 25.9 Å².